The van der Waals surface area contributed by atoms with Gasteiger partial charge in [-0.25, -0.2) is 0 Å². The maximum atomic E-state index is 12.1. The van der Waals surface area contributed by atoms with E-state index in [9.17, 15) is 14.7 Å². The number of hydrogen-bond donors (Lipinski definition) is 2. The number of carboxylic acid groups (broad SMARTS) is 1. The van der Waals surface area contributed by atoms with Gasteiger partial charge in [-0.2, -0.15) is 0 Å². The van der Waals surface area contributed by atoms with E-state index in [4.69, 9.17) is 4.74 Å². The van der Waals surface area contributed by atoms with E-state index < -0.39 is 11.4 Å². The Morgan fingerprint density at radius 1 is 1.36 bits per heavy atom. The maximum absolute atomic E-state index is 12.1. The molecule has 118 valence electrons. The number of benzene rings is 1. The number of likely N-dealkylation sites (tertiary alicyclic amines) is 1. The Morgan fingerprint density at radius 2 is 2.14 bits per heavy atom. The SMILES string of the molecule is O=C(CN1C[C@@H]2CCOC[C@]2(C(=O)O)C1)Nc1ccccc1. The molecule has 0 aliphatic carbocycles. The molecule has 0 bridgehead atoms. The lowest BCUT2D eigenvalue weighted by molar-refractivity contribution is -0.159. The second kappa shape index (κ2) is 6.06. The highest BCUT2D eigenvalue weighted by molar-refractivity contribution is 5.92. The van der Waals surface area contributed by atoms with Crippen LogP contribution in [0.4, 0.5) is 5.69 Å². The monoisotopic (exact) mass is 304 g/mol. The Hall–Kier alpha value is -1.92. The smallest absolute Gasteiger partial charge is 0.313 e. The van der Waals surface area contributed by atoms with Gasteiger partial charge in [-0.1, -0.05) is 18.2 Å². The lowest BCUT2D eigenvalue weighted by atomic mass is 9.76. The molecule has 0 radical (unpaired) electrons. The Kier molecular flexibility index (Phi) is 4.13. The Morgan fingerprint density at radius 3 is 2.82 bits per heavy atom. The van der Waals surface area contributed by atoms with Crippen molar-refractivity contribution in [3.63, 3.8) is 0 Å². The van der Waals surface area contributed by atoms with Crippen LogP contribution in [0, 0.1) is 11.3 Å². The molecule has 6 nitrogen and oxygen atoms in total. The van der Waals surface area contributed by atoms with Gasteiger partial charge in [0.25, 0.3) is 0 Å². The van der Waals surface area contributed by atoms with E-state index in [0.29, 0.717) is 19.7 Å². The van der Waals surface area contributed by atoms with Gasteiger partial charge in [-0.05, 0) is 24.5 Å². The second-order valence-electron chi connectivity index (χ2n) is 6.08. The van der Waals surface area contributed by atoms with Crippen LogP contribution in [0.15, 0.2) is 30.3 Å². The Labute approximate surface area is 129 Å². The Bertz CT molecular complexity index is 563. The van der Waals surface area contributed by atoms with Crippen molar-refractivity contribution in [1.29, 1.82) is 0 Å². The van der Waals surface area contributed by atoms with Crippen LogP contribution in [0.5, 0.6) is 0 Å². The summed E-state index contributed by atoms with van der Waals surface area (Å²) in [6, 6.07) is 9.26. The van der Waals surface area contributed by atoms with Crippen LogP contribution in [0.2, 0.25) is 0 Å². The molecule has 1 amide bonds. The number of aliphatic carboxylic acids is 1. The summed E-state index contributed by atoms with van der Waals surface area (Å²) in [7, 11) is 0. The normalized spacial score (nSPS) is 28.1. The second-order valence-corrected chi connectivity index (χ2v) is 6.08. The highest BCUT2D eigenvalue weighted by Crippen LogP contribution is 2.41. The van der Waals surface area contributed by atoms with Gasteiger partial charge in [0.05, 0.1) is 13.2 Å². The summed E-state index contributed by atoms with van der Waals surface area (Å²) < 4.78 is 5.39. The molecule has 6 heteroatoms. The van der Waals surface area contributed by atoms with Crippen LogP contribution < -0.4 is 5.32 Å². The summed E-state index contributed by atoms with van der Waals surface area (Å²) in [6.45, 7) is 2.06. The molecule has 2 aliphatic rings. The van der Waals surface area contributed by atoms with Crippen molar-refractivity contribution < 1.29 is 19.4 Å². The first-order valence-corrected chi connectivity index (χ1v) is 7.48. The number of carbonyl (C=O) groups is 2. The molecule has 0 unspecified atom stereocenters. The predicted octanol–water partition coefficient (Wildman–Crippen LogP) is 1.05. The predicted molar refractivity (Wildman–Crippen MR) is 80.5 cm³/mol. The summed E-state index contributed by atoms with van der Waals surface area (Å²) in [4.78, 5) is 25.7. The quantitative estimate of drug-likeness (QED) is 0.869. The highest BCUT2D eigenvalue weighted by Gasteiger charge is 2.54. The highest BCUT2D eigenvalue weighted by atomic mass is 16.5. The van der Waals surface area contributed by atoms with E-state index in [1.54, 1.807) is 0 Å². The zero-order chi connectivity index (χ0) is 15.6. The first kappa shape index (κ1) is 15.0. The topological polar surface area (TPSA) is 78.9 Å². The van der Waals surface area contributed by atoms with Crippen molar-refractivity contribution in [3.8, 4) is 0 Å². The molecular weight excluding hydrogens is 284 g/mol. The van der Waals surface area contributed by atoms with E-state index in [-0.39, 0.29) is 25.0 Å². The van der Waals surface area contributed by atoms with Crippen LogP contribution in [-0.4, -0.2) is 54.7 Å². The lowest BCUT2D eigenvalue weighted by Gasteiger charge is -2.34. The number of carboxylic acids is 1. The molecule has 0 saturated carbocycles. The van der Waals surface area contributed by atoms with Crippen molar-refractivity contribution in [2.24, 2.45) is 11.3 Å². The van der Waals surface area contributed by atoms with Gasteiger partial charge < -0.3 is 15.2 Å². The van der Waals surface area contributed by atoms with Gasteiger partial charge >= 0.3 is 5.97 Å². The molecule has 0 spiro atoms. The third-order valence-electron chi connectivity index (χ3n) is 4.59. The molecule has 2 N–H and O–H groups in total. The number of anilines is 1. The summed E-state index contributed by atoms with van der Waals surface area (Å²) in [6.07, 6.45) is 0.739. The van der Waals surface area contributed by atoms with E-state index in [0.717, 1.165) is 12.1 Å². The number of para-hydroxylation sites is 1. The third kappa shape index (κ3) is 2.84. The molecule has 22 heavy (non-hydrogen) atoms. The molecule has 2 saturated heterocycles. The Balaban J connectivity index is 1.62. The number of nitrogens with zero attached hydrogens (tertiary/aromatic N) is 1. The van der Waals surface area contributed by atoms with Gasteiger partial charge in [0.15, 0.2) is 0 Å². The fourth-order valence-electron chi connectivity index (χ4n) is 3.44. The standard InChI is InChI=1S/C16H20N2O4/c19-14(17-13-4-2-1-3-5-13)9-18-8-12-6-7-22-11-16(12,10-18)15(20)21/h1-5,12H,6-11H2,(H,17,19)(H,20,21)/t12-,16+/m0/s1. The summed E-state index contributed by atoms with van der Waals surface area (Å²) in [5, 5.41) is 12.4. The minimum atomic E-state index is -0.856. The number of fused-ring (bicyclic) bond motifs is 1. The fourth-order valence-corrected chi connectivity index (χ4v) is 3.44. The van der Waals surface area contributed by atoms with Crippen molar-refractivity contribution >= 4 is 17.6 Å². The van der Waals surface area contributed by atoms with Crippen LogP contribution in [0.25, 0.3) is 0 Å². The average Bonchev–Trinajstić information content (AvgIpc) is 2.87. The number of ether oxygens (including phenoxy) is 1. The van der Waals surface area contributed by atoms with Crippen LogP contribution >= 0.6 is 0 Å². The van der Waals surface area contributed by atoms with Crippen LogP contribution in [-0.2, 0) is 14.3 Å². The van der Waals surface area contributed by atoms with E-state index in [2.05, 4.69) is 5.32 Å². The molecule has 1 aromatic rings. The van der Waals surface area contributed by atoms with Crippen LogP contribution in [0.3, 0.4) is 0 Å². The van der Waals surface area contributed by atoms with Gasteiger partial charge in [0.1, 0.15) is 5.41 Å². The summed E-state index contributed by atoms with van der Waals surface area (Å²) in [5.74, 6) is -0.877. The van der Waals surface area contributed by atoms with Gasteiger partial charge in [-0.15, -0.1) is 0 Å². The number of hydrogen-bond acceptors (Lipinski definition) is 4. The fraction of sp³-hybridized carbons (Fsp3) is 0.500. The van der Waals surface area contributed by atoms with Crippen molar-refractivity contribution in [1.82, 2.24) is 4.90 Å². The molecule has 1 aromatic carbocycles. The molecule has 0 aromatic heterocycles. The van der Waals surface area contributed by atoms with E-state index in [1.165, 1.54) is 0 Å². The maximum Gasteiger partial charge on any atom is 0.313 e. The van der Waals surface area contributed by atoms with Crippen LogP contribution in [0.1, 0.15) is 6.42 Å². The zero-order valence-corrected chi connectivity index (χ0v) is 12.3. The molecule has 2 heterocycles. The minimum absolute atomic E-state index is 0.0586. The van der Waals surface area contributed by atoms with Gasteiger partial charge in [0, 0.05) is 25.4 Å². The van der Waals surface area contributed by atoms with Crippen molar-refractivity contribution in [2.45, 2.75) is 6.42 Å². The summed E-state index contributed by atoms with van der Waals surface area (Å²) >= 11 is 0. The summed E-state index contributed by atoms with van der Waals surface area (Å²) in [5.41, 5.74) is -0.106. The van der Waals surface area contributed by atoms with Gasteiger partial charge in [0.2, 0.25) is 5.91 Å². The average molecular weight is 304 g/mol. The zero-order valence-electron chi connectivity index (χ0n) is 12.3. The molecule has 2 aliphatic heterocycles. The van der Waals surface area contributed by atoms with E-state index in [1.807, 2.05) is 35.2 Å². The first-order chi connectivity index (χ1) is 10.6. The number of nitrogens with one attached hydrogen (secondary N) is 1. The number of rotatable bonds is 4. The molecular formula is C16H20N2O4. The molecule has 2 atom stereocenters. The molecule has 3 rings (SSSR count). The van der Waals surface area contributed by atoms with Crippen molar-refractivity contribution in [2.75, 3.05) is 38.2 Å². The minimum Gasteiger partial charge on any atom is -0.481 e. The number of amides is 1. The first-order valence-electron chi connectivity index (χ1n) is 7.48. The lowest BCUT2D eigenvalue weighted by Crippen LogP contribution is -2.46. The largest absolute Gasteiger partial charge is 0.481 e. The number of carbonyl (C=O) groups excluding carboxylic acids is 1. The third-order valence-corrected chi connectivity index (χ3v) is 4.59. The van der Waals surface area contributed by atoms with Crippen molar-refractivity contribution in [3.05, 3.63) is 30.3 Å². The van der Waals surface area contributed by atoms with Gasteiger partial charge in [-0.3, -0.25) is 14.5 Å². The molecule has 2 fully saturated rings. The van der Waals surface area contributed by atoms with E-state index >= 15 is 0 Å².